The largest absolute Gasteiger partial charge is 0.507 e. The van der Waals surface area contributed by atoms with E-state index in [-0.39, 0.29) is 84.3 Å². The number of allylic oxidation sites excluding steroid dienone is 1. The maximum atomic E-state index is 13.2. The molecule has 0 saturated heterocycles. The molecule has 4 aromatic heterocycles. The molecule has 9 rings (SSSR count). The number of aryl methyl sites for hydroxylation is 5. The number of fused-ring (bicyclic) bond motifs is 5. The fraction of sp³-hybridized carbons (Fsp3) is 0.373. The monoisotopic (exact) mass is 1030 g/mol. The zero-order valence-electron chi connectivity index (χ0n) is 44.8. The minimum atomic E-state index is -0.475. The average Bonchev–Trinajstić information content (AvgIpc) is 3.33. The highest BCUT2D eigenvalue weighted by Crippen LogP contribution is 2.31. The third kappa shape index (κ3) is 10.3. The molecule has 2 aliphatic heterocycles. The van der Waals surface area contributed by atoms with Crippen LogP contribution < -0.4 is 38.4 Å². The quantitative estimate of drug-likeness (QED) is 0.116. The molecule has 396 valence electrons. The van der Waals surface area contributed by atoms with E-state index < -0.39 is 28.6 Å². The second-order valence-corrected chi connectivity index (χ2v) is 20.4. The molecule has 6 heterocycles. The summed E-state index contributed by atoms with van der Waals surface area (Å²) >= 11 is 0. The highest BCUT2D eigenvalue weighted by atomic mass is 16.3. The number of aromatic amines is 2. The summed E-state index contributed by atoms with van der Waals surface area (Å²) in [4.78, 5) is 134. The van der Waals surface area contributed by atoms with Gasteiger partial charge in [0.05, 0.1) is 27.8 Å². The van der Waals surface area contributed by atoms with Crippen molar-refractivity contribution in [1.29, 1.82) is 0 Å². The van der Waals surface area contributed by atoms with Gasteiger partial charge >= 0.3 is 0 Å². The number of pyridine rings is 4. The van der Waals surface area contributed by atoms with Crippen LogP contribution in [0.15, 0.2) is 65.4 Å². The van der Waals surface area contributed by atoms with Crippen molar-refractivity contribution in [2.75, 3.05) is 0 Å². The Bertz CT molecular complexity index is 4010. The number of aromatic hydroxyl groups is 1. The van der Waals surface area contributed by atoms with Crippen molar-refractivity contribution >= 4 is 41.2 Å². The van der Waals surface area contributed by atoms with Crippen molar-refractivity contribution in [2.24, 2.45) is 10.9 Å². The summed E-state index contributed by atoms with van der Waals surface area (Å²) in [5.74, 6) is -1.58. The Morgan fingerprint density at radius 3 is 1.49 bits per heavy atom. The highest BCUT2D eigenvalue weighted by molar-refractivity contribution is 6.29. The zero-order chi connectivity index (χ0) is 55.8. The number of carbonyl (C=O) groups excluding carboxylic acids is 5. The summed E-state index contributed by atoms with van der Waals surface area (Å²) in [6.07, 6.45) is 8.65. The molecule has 4 aromatic rings. The Hall–Kier alpha value is -8.21. The molecule has 5 aliphatic rings. The van der Waals surface area contributed by atoms with E-state index in [2.05, 4.69) is 42.3 Å². The van der Waals surface area contributed by atoms with E-state index in [1.807, 2.05) is 24.5 Å². The minimum absolute atomic E-state index is 0.00500. The van der Waals surface area contributed by atoms with Gasteiger partial charge in [-0.25, -0.2) is 4.99 Å². The minimum Gasteiger partial charge on any atom is -0.507 e. The van der Waals surface area contributed by atoms with Crippen LogP contribution in [0, 0.1) is 51.1 Å². The molecule has 0 fully saturated rings. The highest BCUT2D eigenvalue weighted by Gasteiger charge is 2.37. The number of nitrogens with zero attached hydrogens (tertiary/aromatic N) is 4. The van der Waals surface area contributed by atoms with Crippen molar-refractivity contribution in [3.63, 3.8) is 0 Å². The second kappa shape index (κ2) is 22.3. The number of carbonyl (C=O) groups is 5. The number of hydrogen-bond acceptors (Lipinski definition) is 11. The lowest BCUT2D eigenvalue weighted by atomic mass is 9.85. The van der Waals surface area contributed by atoms with Gasteiger partial charge in [-0.3, -0.25) is 47.9 Å². The summed E-state index contributed by atoms with van der Waals surface area (Å²) in [6.45, 7) is 23.9. The molecule has 0 spiro atoms. The molecular formula is C59H64N6O11. The molecule has 1 amide bonds. The summed E-state index contributed by atoms with van der Waals surface area (Å²) in [5, 5.41) is 12.5. The predicted molar refractivity (Wildman–Crippen MR) is 289 cm³/mol. The Kier molecular flexibility index (Phi) is 16.3. The Labute approximate surface area is 437 Å². The van der Waals surface area contributed by atoms with Gasteiger partial charge in [0.1, 0.15) is 39.2 Å². The van der Waals surface area contributed by atoms with Crippen LogP contribution in [0.3, 0.4) is 0 Å². The van der Waals surface area contributed by atoms with E-state index in [4.69, 9.17) is 0 Å². The SMILES string of the molecule is C=c1cc(C)c2c(O)c3c(c(=O)c=2n1CCC(C)C)=NC(=O)C=C3C.CCCCCCn1c2c(c(C)cc1=O)C(=O)c1c(C)cc(=O)[nH]c1C2=O.CCCCCn1c2c(c(C)cc1=O)C(=O)c1c(C)cc(=O)[nH]c1C2=O. The van der Waals surface area contributed by atoms with E-state index in [1.54, 1.807) is 34.6 Å². The van der Waals surface area contributed by atoms with Gasteiger partial charge < -0.3 is 28.8 Å². The molecule has 0 bridgehead atoms. The van der Waals surface area contributed by atoms with Crippen LogP contribution in [0.25, 0.3) is 12.2 Å². The van der Waals surface area contributed by atoms with Gasteiger partial charge in [0.15, 0.2) is 11.6 Å². The van der Waals surface area contributed by atoms with Gasteiger partial charge in [-0.05, 0) is 106 Å². The fourth-order valence-corrected chi connectivity index (χ4v) is 10.4. The first-order valence-electron chi connectivity index (χ1n) is 25.8. The lowest BCUT2D eigenvalue weighted by Crippen LogP contribution is -2.37. The van der Waals surface area contributed by atoms with Gasteiger partial charge in [0, 0.05) is 60.5 Å². The number of aromatic nitrogens is 5. The van der Waals surface area contributed by atoms with E-state index >= 15 is 0 Å². The lowest BCUT2D eigenvalue weighted by molar-refractivity contribution is -0.113. The number of rotatable bonds is 12. The van der Waals surface area contributed by atoms with E-state index in [9.17, 15) is 53.1 Å². The lowest BCUT2D eigenvalue weighted by Gasteiger charge is -2.23. The maximum Gasteiger partial charge on any atom is 0.270 e. The third-order valence-corrected chi connectivity index (χ3v) is 14.2. The molecular weight excluding hydrogens is 969 g/mol. The molecule has 76 heavy (non-hydrogen) atoms. The molecule has 3 aliphatic carbocycles. The number of H-pyrrole nitrogens is 2. The first-order chi connectivity index (χ1) is 35.9. The van der Waals surface area contributed by atoms with E-state index in [0.29, 0.717) is 74.9 Å². The smallest absolute Gasteiger partial charge is 0.270 e. The fourth-order valence-electron chi connectivity index (χ4n) is 10.4. The summed E-state index contributed by atoms with van der Waals surface area (Å²) in [5.41, 5.74) is 2.95. The maximum absolute atomic E-state index is 13.2. The van der Waals surface area contributed by atoms with E-state index in [1.165, 1.54) is 39.5 Å². The Balaban J connectivity index is 0.000000166. The van der Waals surface area contributed by atoms with Crippen LogP contribution in [-0.2, 0) is 24.4 Å². The van der Waals surface area contributed by atoms with Gasteiger partial charge in [0.2, 0.25) is 28.1 Å². The first kappa shape index (κ1) is 55.5. The number of ketones is 4. The molecule has 0 aromatic carbocycles. The van der Waals surface area contributed by atoms with Crippen LogP contribution in [0.2, 0.25) is 0 Å². The summed E-state index contributed by atoms with van der Waals surface area (Å²) in [6, 6.07) is 7.31. The summed E-state index contributed by atoms with van der Waals surface area (Å²) < 4.78 is 4.60. The first-order valence-corrected chi connectivity index (χ1v) is 25.8. The van der Waals surface area contributed by atoms with Gasteiger partial charge in [-0.2, -0.15) is 0 Å². The molecule has 17 nitrogen and oxygen atoms in total. The Morgan fingerprint density at radius 1 is 0.553 bits per heavy atom. The van der Waals surface area contributed by atoms with Gasteiger partial charge in [0.25, 0.3) is 17.0 Å². The average molecular weight is 1030 g/mol. The topological polar surface area (TPSA) is 250 Å². The normalized spacial score (nSPS) is 13.2. The van der Waals surface area contributed by atoms with Crippen molar-refractivity contribution in [3.05, 3.63) is 188 Å². The molecule has 0 unspecified atom stereocenters. The molecule has 0 radical (unpaired) electrons. The predicted octanol–water partition coefficient (Wildman–Crippen LogP) is 6.23. The van der Waals surface area contributed by atoms with Crippen LogP contribution in [0.5, 0.6) is 5.75 Å². The van der Waals surface area contributed by atoms with Crippen molar-refractivity contribution in [3.8, 4) is 5.75 Å². The van der Waals surface area contributed by atoms with E-state index in [0.717, 1.165) is 56.9 Å². The van der Waals surface area contributed by atoms with Crippen molar-refractivity contribution < 1.29 is 29.1 Å². The molecule has 17 heteroatoms. The zero-order valence-corrected chi connectivity index (χ0v) is 44.8. The van der Waals surface area contributed by atoms with Crippen LogP contribution in [0.1, 0.15) is 184 Å². The standard InChI is InChI=1S/C20H22N2O4.C20H22N2O3.C19H20N2O4/c1-4-5-6-7-8-22-14(24)10-12(3)16-18(22)20(26)17-15(19(16)25)11(2)9-13(23)21-17;1-10(2)6-7-22-13(5)8-11(3)16-18(22)20(25)17-15(19(16)24)12(4)9-14(23)21-17;1-4-5-6-7-21-13(23)9-11(3)15-17(21)19(25)16-14(18(15)24)10(2)8-12(22)20-16/h9-10H,4-8H2,1-3H3,(H,21,23);8-10,24H,5-7H2,1-4H3;8-9H,4-7H2,1-3H3,(H,20,22). The second-order valence-electron chi connectivity index (χ2n) is 20.4. The van der Waals surface area contributed by atoms with Crippen LogP contribution in [0.4, 0.5) is 0 Å². The van der Waals surface area contributed by atoms with Crippen LogP contribution in [-0.4, -0.2) is 57.8 Å². The van der Waals surface area contributed by atoms with Gasteiger partial charge in [-0.15, -0.1) is 0 Å². The third-order valence-electron chi connectivity index (χ3n) is 14.2. The van der Waals surface area contributed by atoms with Gasteiger partial charge in [-0.1, -0.05) is 66.4 Å². The molecule has 0 saturated carbocycles. The summed E-state index contributed by atoms with van der Waals surface area (Å²) in [7, 11) is 0. The van der Waals surface area contributed by atoms with Crippen LogP contribution >= 0.6 is 0 Å². The number of hydrogen-bond donors (Lipinski definition) is 3. The Morgan fingerprint density at radius 2 is 1.01 bits per heavy atom. The molecule has 3 N–H and O–H groups in total. The number of nitrogens with one attached hydrogen (secondary N) is 2. The number of amides is 1. The number of unbranched alkanes of at least 4 members (excludes halogenated alkanes) is 5. The van der Waals surface area contributed by atoms with Crippen molar-refractivity contribution in [1.82, 2.24) is 23.7 Å². The molecule has 0 atom stereocenters. The van der Waals surface area contributed by atoms with Crippen molar-refractivity contribution in [2.45, 2.75) is 140 Å².